The van der Waals surface area contributed by atoms with Crippen LogP contribution in [0.3, 0.4) is 0 Å². The van der Waals surface area contributed by atoms with Crippen molar-refractivity contribution in [2.45, 2.75) is 32.7 Å². The number of benzene rings is 2. The van der Waals surface area contributed by atoms with Crippen LogP contribution in [0.4, 0.5) is 4.39 Å². The van der Waals surface area contributed by atoms with Gasteiger partial charge in [-0.05, 0) is 46.9 Å². The molecule has 0 fully saturated rings. The second-order valence-electron chi connectivity index (χ2n) is 7.61. The third kappa shape index (κ3) is 10.3. The van der Waals surface area contributed by atoms with Crippen molar-refractivity contribution in [3.8, 4) is 5.75 Å². The number of halogens is 2. The lowest BCUT2D eigenvalue weighted by atomic mass is 10.1. The van der Waals surface area contributed by atoms with Crippen LogP contribution in [0.5, 0.6) is 5.75 Å². The number of hydrogen-bond acceptors (Lipinski definition) is 4. The van der Waals surface area contributed by atoms with E-state index in [4.69, 9.17) is 4.74 Å². The van der Waals surface area contributed by atoms with Crippen molar-refractivity contribution in [3.63, 3.8) is 0 Å². The number of hydrogen-bond donors (Lipinski definition) is 2. The number of nitrogens with one attached hydrogen (secondary N) is 2. The average Bonchev–Trinajstić information content (AvgIpc) is 2.67. The maximum absolute atomic E-state index is 13.7. The van der Waals surface area contributed by atoms with Crippen LogP contribution in [0.25, 0.3) is 0 Å². The Bertz CT molecular complexity index is 982. The number of nitrogens with zero attached hydrogens (tertiary/aromatic N) is 1. The Morgan fingerprint density at radius 1 is 1.10 bits per heavy atom. The Balaban J connectivity index is 0.00000480. The Hall–Kier alpha value is -1.88. The highest BCUT2D eigenvalue weighted by Crippen LogP contribution is 2.15. The molecule has 2 aromatic rings. The molecular weight excluding hydrogens is 532 g/mol. The lowest BCUT2D eigenvalue weighted by Crippen LogP contribution is -2.36. The number of aliphatic imine (C=N–C) groups is 1. The summed E-state index contributed by atoms with van der Waals surface area (Å²) in [6.45, 7) is 5.63. The molecule has 0 heterocycles. The Labute approximate surface area is 201 Å². The Kier molecular flexibility index (Phi) is 11.3. The van der Waals surface area contributed by atoms with Gasteiger partial charge >= 0.3 is 0 Å². The van der Waals surface area contributed by atoms with Crippen LogP contribution >= 0.6 is 24.0 Å². The van der Waals surface area contributed by atoms with E-state index in [1.165, 1.54) is 18.2 Å². The summed E-state index contributed by atoms with van der Waals surface area (Å²) in [7, 11) is -1.59. The summed E-state index contributed by atoms with van der Waals surface area (Å²) < 4.78 is 42.7. The van der Waals surface area contributed by atoms with E-state index in [1.807, 2.05) is 24.3 Å². The zero-order valence-corrected chi connectivity index (χ0v) is 21.5. The van der Waals surface area contributed by atoms with E-state index >= 15 is 0 Å². The molecule has 0 spiro atoms. The average molecular weight is 563 g/mol. The van der Waals surface area contributed by atoms with Crippen LogP contribution in [0.1, 0.15) is 30.5 Å². The van der Waals surface area contributed by atoms with Crippen molar-refractivity contribution < 1.29 is 17.5 Å². The Morgan fingerprint density at radius 2 is 1.81 bits per heavy atom. The summed E-state index contributed by atoms with van der Waals surface area (Å²) in [4.78, 5) is 4.18. The standard InChI is InChI=1S/C22H30FN3O3S.HI/c1-16(2)14-29-21-7-5-6-17(10-21)12-25-22(24-3)26-13-19-11-20(23)9-8-18(19)15-30(4,27)28;/h5-11,16H,12-15H2,1-4H3,(H2,24,25,26);1H. The zero-order chi connectivity index (χ0) is 22.1. The molecule has 2 aromatic carbocycles. The minimum atomic E-state index is -3.23. The molecule has 0 aromatic heterocycles. The third-order valence-corrected chi connectivity index (χ3v) is 5.03. The monoisotopic (exact) mass is 563 g/mol. The van der Waals surface area contributed by atoms with Gasteiger partial charge in [0.1, 0.15) is 11.6 Å². The van der Waals surface area contributed by atoms with E-state index in [0.717, 1.165) is 17.6 Å². The lowest BCUT2D eigenvalue weighted by Gasteiger charge is -2.15. The van der Waals surface area contributed by atoms with Gasteiger partial charge in [0, 0.05) is 26.4 Å². The molecule has 0 bridgehead atoms. The molecule has 0 aliphatic heterocycles. The number of sulfone groups is 1. The van der Waals surface area contributed by atoms with Gasteiger partial charge in [-0.3, -0.25) is 4.99 Å². The molecule has 0 radical (unpaired) electrons. The van der Waals surface area contributed by atoms with Crippen LogP contribution in [0.15, 0.2) is 47.5 Å². The van der Waals surface area contributed by atoms with E-state index in [9.17, 15) is 12.8 Å². The number of ether oxygens (including phenoxy) is 1. The first-order chi connectivity index (χ1) is 14.2. The second kappa shape index (κ2) is 12.8. The summed E-state index contributed by atoms with van der Waals surface area (Å²) in [6.07, 6.45) is 1.16. The minimum absolute atomic E-state index is 0. The van der Waals surface area contributed by atoms with Crippen molar-refractivity contribution in [2.24, 2.45) is 10.9 Å². The highest BCUT2D eigenvalue weighted by atomic mass is 127. The molecule has 31 heavy (non-hydrogen) atoms. The van der Waals surface area contributed by atoms with Gasteiger partial charge in [-0.15, -0.1) is 24.0 Å². The molecule has 0 unspecified atom stereocenters. The van der Waals surface area contributed by atoms with Crippen LogP contribution in [-0.4, -0.2) is 34.3 Å². The van der Waals surface area contributed by atoms with E-state index in [-0.39, 0.29) is 36.3 Å². The maximum Gasteiger partial charge on any atom is 0.191 e. The number of guanidine groups is 1. The smallest absolute Gasteiger partial charge is 0.191 e. The first-order valence-electron chi connectivity index (χ1n) is 9.77. The normalized spacial score (nSPS) is 11.7. The lowest BCUT2D eigenvalue weighted by molar-refractivity contribution is 0.271. The molecular formula is C22H31FIN3O3S. The molecule has 0 atom stereocenters. The Morgan fingerprint density at radius 3 is 2.45 bits per heavy atom. The highest BCUT2D eigenvalue weighted by molar-refractivity contribution is 14.0. The predicted molar refractivity (Wildman–Crippen MR) is 134 cm³/mol. The van der Waals surface area contributed by atoms with Crippen molar-refractivity contribution in [1.82, 2.24) is 10.6 Å². The van der Waals surface area contributed by atoms with E-state index in [0.29, 0.717) is 36.2 Å². The summed E-state index contributed by atoms with van der Waals surface area (Å²) in [5.41, 5.74) is 2.17. The van der Waals surface area contributed by atoms with Crippen molar-refractivity contribution in [2.75, 3.05) is 19.9 Å². The largest absolute Gasteiger partial charge is 0.493 e. The van der Waals surface area contributed by atoms with Crippen LogP contribution in [0, 0.1) is 11.7 Å². The molecule has 0 saturated carbocycles. The SMILES string of the molecule is CN=C(NCc1cccc(OCC(C)C)c1)NCc1cc(F)ccc1CS(C)(=O)=O.I. The van der Waals surface area contributed by atoms with Gasteiger partial charge in [0.25, 0.3) is 0 Å². The van der Waals surface area contributed by atoms with Crippen LogP contribution in [-0.2, 0) is 28.7 Å². The second-order valence-corrected chi connectivity index (χ2v) is 9.75. The summed E-state index contributed by atoms with van der Waals surface area (Å²) in [5, 5.41) is 6.31. The third-order valence-electron chi connectivity index (χ3n) is 4.20. The molecule has 0 aliphatic carbocycles. The fraction of sp³-hybridized carbons (Fsp3) is 0.409. The molecule has 172 valence electrons. The van der Waals surface area contributed by atoms with Crippen LogP contribution in [0.2, 0.25) is 0 Å². The van der Waals surface area contributed by atoms with Gasteiger partial charge in [0.2, 0.25) is 0 Å². The molecule has 2 N–H and O–H groups in total. The topological polar surface area (TPSA) is 79.8 Å². The van der Waals surface area contributed by atoms with E-state index < -0.39 is 15.7 Å². The fourth-order valence-electron chi connectivity index (χ4n) is 2.78. The first kappa shape index (κ1) is 27.2. The van der Waals surface area contributed by atoms with Crippen LogP contribution < -0.4 is 15.4 Å². The fourth-order valence-corrected chi connectivity index (χ4v) is 3.62. The first-order valence-corrected chi connectivity index (χ1v) is 11.8. The zero-order valence-electron chi connectivity index (χ0n) is 18.3. The van der Waals surface area contributed by atoms with E-state index in [2.05, 4.69) is 29.5 Å². The highest BCUT2D eigenvalue weighted by Gasteiger charge is 2.11. The molecule has 9 heteroatoms. The van der Waals surface area contributed by atoms with Gasteiger partial charge in [0.15, 0.2) is 15.8 Å². The van der Waals surface area contributed by atoms with Crippen molar-refractivity contribution >= 4 is 39.8 Å². The van der Waals surface area contributed by atoms with E-state index in [1.54, 1.807) is 7.05 Å². The van der Waals surface area contributed by atoms with Crippen molar-refractivity contribution in [1.29, 1.82) is 0 Å². The molecule has 0 aliphatic rings. The van der Waals surface area contributed by atoms with Crippen molar-refractivity contribution in [3.05, 3.63) is 65.0 Å². The van der Waals surface area contributed by atoms with Gasteiger partial charge in [-0.2, -0.15) is 0 Å². The summed E-state index contributed by atoms with van der Waals surface area (Å²) >= 11 is 0. The summed E-state index contributed by atoms with van der Waals surface area (Å²) in [5.74, 6) is 1.24. The molecule has 2 rings (SSSR count). The predicted octanol–water partition coefficient (Wildman–Crippen LogP) is 3.89. The quantitative estimate of drug-likeness (QED) is 0.275. The summed E-state index contributed by atoms with van der Waals surface area (Å²) in [6, 6.07) is 11.9. The van der Waals surface area contributed by atoms with Gasteiger partial charge in [-0.1, -0.05) is 32.0 Å². The number of rotatable bonds is 9. The van der Waals surface area contributed by atoms with Gasteiger partial charge in [0.05, 0.1) is 12.4 Å². The maximum atomic E-state index is 13.7. The van der Waals surface area contributed by atoms with Gasteiger partial charge in [-0.25, -0.2) is 12.8 Å². The minimum Gasteiger partial charge on any atom is -0.493 e. The van der Waals surface area contributed by atoms with Gasteiger partial charge < -0.3 is 15.4 Å². The molecule has 6 nitrogen and oxygen atoms in total. The molecule has 0 saturated heterocycles. The molecule has 0 amide bonds.